The van der Waals surface area contributed by atoms with Gasteiger partial charge in [0.25, 0.3) is 0 Å². The van der Waals surface area contributed by atoms with Gasteiger partial charge in [0, 0.05) is 13.1 Å². The Labute approximate surface area is 162 Å². The van der Waals surface area contributed by atoms with Crippen molar-refractivity contribution in [1.29, 1.82) is 0 Å². The summed E-state index contributed by atoms with van der Waals surface area (Å²) >= 11 is 1.66. The first-order valence-corrected chi connectivity index (χ1v) is 10.1. The number of aromatic nitrogens is 1. The lowest BCUT2D eigenvalue weighted by molar-refractivity contribution is -0.125. The number of hydrogen-bond donors (Lipinski definition) is 1. The molecule has 1 fully saturated rings. The molecule has 1 atom stereocenters. The molecular weight excluding hydrogens is 362 g/mol. The SMILES string of the molecule is CCOc1ccc2nc(N3CCCC(C(=O)NCc4ccco4)C3)sc2c1. The number of nitrogens with one attached hydrogen (secondary N) is 1. The number of fused-ring (bicyclic) bond motifs is 1. The van der Waals surface area contributed by atoms with Crippen molar-refractivity contribution in [3.05, 3.63) is 42.4 Å². The van der Waals surface area contributed by atoms with E-state index in [4.69, 9.17) is 14.1 Å². The third kappa shape index (κ3) is 4.08. The Morgan fingerprint density at radius 1 is 1.44 bits per heavy atom. The molecule has 0 saturated carbocycles. The number of thiazole rings is 1. The zero-order valence-corrected chi connectivity index (χ0v) is 16.1. The van der Waals surface area contributed by atoms with Crippen LogP contribution in [-0.4, -0.2) is 30.6 Å². The summed E-state index contributed by atoms with van der Waals surface area (Å²) in [5.41, 5.74) is 0.975. The number of carbonyl (C=O) groups excluding carboxylic acids is 1. The number of nitrogens with zero attached hydrogens (tertiary/aromatic N) is 2. The highest BCUT2D eigenvalue weighted by Crippen LogP contribution is 2.33. The van der Waals surface area contributed by atoms with E-state index in [1.54, 1.807) is 17.6 Å². The van der Waals surface area contributed by atoms with Crippen molar-refractivity contribution >= 4 is 32.6 Å². The first-order chi connectivity index (χ1) is 13.2. The summed E-state index contributed by atoms with van der Waals surface area (Å²) in [6.07, 6.45) is 3.51. The van der Waals surface area contributed by atoms with Crippen LogP contribution in [0.3, 0.4) is 0 Å². The van der Waals surface area contributed by atoms with Crippen LogP contribution in [0, 0.1) is 5.92 Å². The molecule has 4 rings (SSSR count). The molecule has 1 N–H and O–H groups in total. The maximum atomic E-state index is 12.5. The largest absolute Gasteiger partial charge is 0.494 e. The van der Waals surface area contributed by atoms with E-state index in [9.17, 15) is 4.79 Å². The summed E-state index contributed by atoms with van der Waals surface area (Å²) in [6, 6.07) is 9.69. The molecule has 1 unspecified atom stereocenters. The predicted molar refractivity (Wildman–Crippen MR) is 106 cm³/mol. The number of furan rings is 1. The van der Waals surface area contributed by atoms with Gasteiger partial charge in [-0.15, -0.1) is 0 Å². The first kappa shape index (κ1) is 17.9. The highest BCUT2D eigenvalue weighted by atomic mass is 32.1. The molecule has 1 amide bonds. The smallest absolute Gasteiger partial charge is 0.225 e. The Bertz CT molecular complexity index is 906. The van der Waals surface area contributed by atoms with Crippen molar-refractivity contribution in [3.8, 4) is 5.75 Å². The Morgan fingerprint density at radius 3 is 3.19 bits per heavy atom. The molecule has 0 bridgehead atoms. The van der Waals surface area contributed by atoms with Gasteiger partial charge in [0.15, 0.2) is 5.13 Å². The maximum Gasteiger partial charge on any atom is 0.225 e. The van der Waals surface area contributed by atoms with Gasteiger partial charge >= 0.3 is 0 Å². The van der Waals surface area contributed by atoms with Crippen molar-refractivity contribution in [2.24, 2.45) is 5.92 Å². The number of anilines is 1. The second-order valence-electron chi connectivity index (χ2n) is 6.64. The average Bonchev–Trinajstić information content (AvgIpc) is 3.36. The number of ether oxygens (including phenoxy) is 1. The van der Waals surface area contributed by atoms with Crippen LogP contribution in [0.25, 0.3) is 10.2 Å². The van der Waals surface area contributed by atoms with Crippen molar-refractivity contribution < 1.29 is 13.9 Å². The first-order valence-electron chi connectivity index (χ1n) is 9.31. The third-order valence-corrected chi connectivity index (χ3v) is 5.82. The lowest BCUT2D eigenvalue weighted by atomic mass is 9.97. The van der Waals surface area contributed by atoms with Gasteiger partial charge in [-0.3, -0.25) is 4.79 Å². The fourth-order valence-electron chi connectivity index (χ4n) is 3.38. The van der Waals surface area contributed by atoms with E-state index in [1.165, 1.54) is 0 Å². The van der Waals surface area contributed by atoms with Crippen molar-refractivity contribution in [1.82, 2.24) is 10.3 Å². The van der Waals surface area contributed by atoms with Crippen LogP contribution in [0.4, 0.5) is 5.13 Å². The summed E-state index contributed by atoms with van der Waals surface area (Å²) in [5.74, 6) is 1.69. The minimum atomic E-state index is -0.0280. The molecule has 27 heavy (non-hydrogen) atoms. The van der Waals surface area contributed by atoms with Gasteiger partial charge in [0.2, 0.25) is 5.91 Å². The lowest BCUT2D eigenvalue weighted by Gasteiger charge is -2.31. The summed E-state index contributed by atoms with van der Waals surface area (Å²) in [7, 11) is 0. The Balaban J connectivity index is 1.42. The van der Waals surface area contributed by atoms with Gasteiger partial charge < -0.3 is 19.4 Å². The minimum Gasteiger partial charge on any atom is -0.494 e. The molecule has 1 saturated heterocycles. The molecule has 3 heterocycles. The van der Waals surface area contributed by atoms with E-state index in [0.717, 1.165) is 46.2 Å². The highest BCUT2D eigenvalue weighted by molar-refractivity contribution is 7.22. The van der Waals surface area contributed by atoms with Crippen LogP contribution in [0.1, 0.15) is 25.5 Å². The van der Waals surface area contributed by atoms with Crippen molar-refractivity contribution in [2.45, 2.75) is 26.3 Å². The lowest BCUT2D eigenvalue weighted by Crippen LogP contribution is -2.42. The Kier molecular flexibility index (Phi) is 5.29. The van der Waals surface area contributed by atoms with E-state index >= 15 is 0 Å². The Hall–Kier alpha value is -2.54. The van der Waals surface area contributed by atoms with E-state index in [-0.39, 0.29) is 11.8 Å². The van der Waals surface area contributed by atoms with Gasteiger partial charge in [0.05, 0.1) is 35.5 Å². The molecule has 1 aliphatic rings. The monoisotopic (exact) mass is 385 g/mol. The minimum absolute atomic E-state index is 0.0280. The number of carbonyl (C=O) groups is 1. The molecule has 6 nitrogen and oxygen atoms in total. The summed E-state index contributed by atoms with van der Waals surface area (Å²) < 4.78 is 12.0. The van der Waals surface area contributed by atoms with E-state index < -0.39 is 0 Å². The summed E-state index contributed by atoms with van der Waals surface area (Å²) in [4.78, 5) is 19.5. The molecule has 0 radical (unpaired) electrons. The summed E-state index contributed by atoms with van der Waals surface area (Å²) in [5, 5.41) is 3.96. The maximum absolute atomic E-state index is 12.5. The molecule has 1 aliphatic heterocycles. The molecular formula is C20H23N3O3S. The van der Waals surface area contributed by atoms with Gasteiger partial charge in [-0.25, -0.2) is 4.98 Å². The van der Waals surface area contributed by atoms with Crippen LogP contribution in [0.15, 0.2) is 41.0 Å². The topological polar surface area (TPSA) is 67.6 Å². The predicted octanol–water partition coefficient (Wildman–Crippen LogP) is 3.82. The van der Waals surface area contributed by atoms with Crippen LogP contribution >= 0.6 is 11.3 Å². The van der Waals surface area contributed by atoms with Crippen molar-refractivity contribution in [3.63, 3.8) is 0 Å². The highest BCUT2D eigenvalue weighted by Gasteiger charge is 2.27. The third-order valence-electron chi connectivity index (χ3n) is 4.74. The molecule has 1 aromatic carbocycles. The van der Waals surface area contributed by atoms with Crippen LogP contribution in [0.5, 0.6) is 5.75 Å². The second-order valence-corrected chi connectivity index (χ2v) is 7.65. The number of hydrogen-bond acceptors (Lipinski definition) is 6. The number of amides is 1. The average molecular weight is 385 g/mol. The van der Waals surface area contributed by atoms with E-state index in [2.05, 4.69) is 10.2 Å². The fourth-order valence-corrected chi connectivity index (χ4v) is 4.41. The van der Waals surface area contributed by atoms with Crippen LogP contribution in [0.2, 0.25) is 0 Å². The standard InChI is InChI=1S/C20H23N3O3S/c1-2-25-15-7-8-17-18(11-15)27-20(22-17)23-9-3-5-14(13-23)19(24)21-12-16-6-4-10-26-16/h4,6-8,10-11,14H,2-3,5,9,12-13H2,1H3,(H,21,24). The van der Waals surface area contributed by atoms with Crippen LogP contribution in [-0.2, 0) is 11.3 Å². The number of piperidine rings is 1. The summed E-state index contributed by atoms with van der Waals surface area (Å²) in [6.45, 7) is 4.69. The fraction of sp³-hybridized carbons (Fsp3) is 0.400. The molecule has 7 heteroatoms. The molecule has 0 spiro atoms. The van der Waals surface area contributed by atoms with E-state index in [0.29, 0.717) is 19.7 Å². The van der Waals surface area contributed by atoms with Gasteiger partial charge in [-0.05, 0) is 50.1 Å². The Morgan fingerprint density at radius 2 is 2.37 bits per heavy atom. The number of rotatable bonds is 6. The zero-order valence-electron chi connectivity index (χ0n) is 15.3. The van der Waals surface area contributed by atoms with E-state index in [1.807, 2.05) is 37.3 Å². The quantitative estimate of drug-likeness (QED) is 0.699. The normalized spacial score (nSPS) is 17.2. The second kappa shape index (κ2) is 8.00. The molecule has 3 aromatic rings. The zero-order chi connectivity index (χ0) is 18.6. The molecule has 2 aromatic heterocycles. The molecule has 142 valence electrons. The van der Waals surface area contributed by atoms with Gasteiger partial charge in [-0.1, -0.05) is 11.3 Å². The van der Waals surface area contributed by atoms with Gasteiger partial charge in [-0.2, -0.15) is 0 Å². The van der Waals surface area contributed by atoms with Gasteiger partial charge in [0.1, 0.15) is 11.5 Å². The van der Waals surface area contributed by atoms with Crippen LogP contribution < -0.4 is 15.0 Å². The van der Waals surface area contributed by atoms with Crippen molar-refractivity contribution in [2.75, 3.05) is 24.6 Å². The molecule has 0 aliphatic carbocycles. The number of benzene rings is 1.